The lowest BCUT2D eigenvalue weighted by molar-refractivity contribution is 0.281. The van der Waals surface area contributed by atoms with E-state index in [1.54, 1.807) is 19.2 Å². The first-order valence-electron chi connectivity index (χ1n) is 11.0. The summed E-state index contributed by atoms with van der Waals surface area (Å²) < 4.78 is 7.27. The summed E-state index contributed by atoms with van der Waals surface area (Å²) in [7, 11) is 1.56. The molecule has 4 heterocycles. The van der Waals surface area contributed by atoms with Gasteiger partial charge in [0.1, 0.15) is 11.4 Å². The Bertz CT molecular complexity index is 1260. The molecule has 0 amide bonds. The van der Waals surface area contributed by atoms with Crippen LogP contribution in [-0.2, 0) is 13.2 Å². The van der Waals surface area contributed by atoms with Crippen molar-refractivity contribution in [2.24, 2.45) is 0 Å². The summed E-state index contributed by atoms with van der Waals surface area (Å²) in [5, 5.41) is 14.0. The number of fused-ring (bicyclic) bond motifs is 1. The van der Waals surface area contributed by atoms with E-state index in [-0.39, 0.29) is 6.61 Å². The molecular formula is C25H26ClN5O2. The van der Waals surface area contributed by atoms with E-state index >= 15 is 0 Å². The van der Waals surface area contributed by atoms with Gasteiger partial charge in [0.25, 0.3) is 0 Å². The third kappa shape index (κ3) is 4.53. The van der Waals surface area contributed by atoms with Crippen LogP contribution in [0.3, 0.4) is 0 Å². The minimum absolute atomic E-state index is 0.121. The highest BCUT2D eigenvalue weighted by Gasteiger charge is 2.23. The largest absolute Gasteiger partial charge is 0.495 e. The Morgan fingerprint density at radius 1 is 1.21 bits per heavy atom. The van der Waals surface area contributed by atoms with E-state index in [2.05, 4.69) is 27.3 Å². The lowest BCUT2D eigenvalue weighted by Crippen LogP contribution is -2.32. The smallest absolute Gasteiger partial charge is 0.139 e. The minimum atomic E-state index is -0.121. The first-order valence-corrected chi connectivity index (χ1v) is 11.4. The maximum Gasteiger partial charge on any atom is 0.139 e. The summed E-state index contributed by atoms with van der Waals surface area (Å²) >= 11 is 6.34. The van der Waals surface area contributed by atoms with Gasteiger partial charge in [-0.2, -0.15) is 0 Å². The van der Waals surface area contributed by atoms with Gasteiger partial charge in [0.15, 0.2) is 0 Å². The van der Waals surface area contributed by atoms with Gasteiger partial charge in [-0.05, 0) is 47.9 Å². The molecule has 1 aromatic carbocycles. The second-order valence-corrected chi connectivity index (χ2v) is 8.65. The van der Waals surface area contributed by atoms with Crippen molar-refractivity contribution in [2.45, 2.75) is 25.6 Å². The molecule has 4 aromatic rings. The number of aliphatic hydroxyl groups is 1. The quantitative estimate of drug-likeness (QED) is 0.432. The van der Waals surface area contributed by atoms with E-state index < -0.39 is 0 Å². The molecule has 0 saturated carbocycles. The van der Waals surface area contributed by atoms with E-state index in [4.69, 9.17) is 21.3 Å². The van der Waals surface area contributed by atoms with Crippen molar-refractivity contribution in [2.75, 3.05) is 25.1 Å². The van der Waals surface area contributed by atoms with Crippen molar-refractivity contribution in [3.8, 4) is 17.0 Å². The number of halogens is 1. The van der Waals surface area contributed by atoms with Crippen molar-refractivity contribution >= 4 is 22.9 Å². The van der Waals surface area contributed by atoms with Gasteiger partial charge in [0.2, 0.25) is 0 Å². The summed E-state index contributed by atoms with van der Waals surface area (Å²) in [4.78, 5) is 11.3. The van der Waals surface area contributed by atoms with Crippen molar-refractivity contribution in [3.63, 3.8) is 0 Å². The molecule has 0 unspecified atom stereocenters. The highest BCUT2D eigenvalue weighted by molar-refractivity contribution is 6.32. The van der Waals surface area contributed by atoms with Crippen LogP contribution in [0.4, 0.5) is 5.69 Å². The topological polar surface area (TPSA) is 74.9 Å². The number of ether oxygens (including phenoxy) is 1. The minimum Gasteiger partial charge on any atom is -0.495 e. The average molecular weight is 464 g/mol. The highest BCUT2D eigenvalue weighted by atomic mass is 35.5. The lowest BCUT2D eigenvalue weighted by Gasteiger charge is -2.19. The molecule has 1 atom stereocenters. The Morgan fingerprint density at radius 2 is 2.06 bits per heavy atom. The molecule has 1 fully saturated rings. The number of hydrogen-bond donors (Lipinski definition) is 2. The Balaban J connectivity index is 1.33. The summed E-state index contributed by atoms with van der Waals surface area (Å²) in [5.41, 5.74) is 5.54. The second-order valence-electron chi connectivity index (χ2n) is 8.25. The fraction of sp³-hybridized carbons (Fsp3) is 0.280. The first kappa shape index (κ1) is 21.7. The molecule has 1 saturated heterocycles. The number of rotatable bonds is 7. The van der Waals surface area contributed by atoms with Crippen LogP contribution in [0.2, 0.25) is 5.02 Å². The Hall–Kier alpha value is -3.13. The molecule has 1 aliphatic heterocycles. The van der Waals surface area contributed by atoms with Crippen LogP contribution < -0.4 is 15.0 Å². The van der Waals surface area contributed by atoms with E-state index in [0.717, 1.165) is 54.2 Å². The number of anilines is 1. The maximum absolute atomic E-state index is 9.85. The Labute approximate surface area is 197 Å². The number of aromatic nitrogens is 3. The summed E-state index contributed by atoms with van der Waals surface area (Å²) in [6, 6.07) is 12.3. The van der Waals surface area contributed by atoms with E-state index in [0.29, 0.717) is 16.8 Å². The van der Waals surface area contributed by atoms with Gasteiger partial charge in [-0.3, -0.25) is 4.98 Å². The van der Waals surface area contributed by atoms with Crippen LogP contribution in [0.25, 0.3) is 16.9 Å². The number of nitrogens with zero attached hydrogens (tertiary/aromatic N) is 4. The van der Waals surface area contributed by atoms with E-state index in [1.807, 2.05) is 41.3 Å². The molecule has 33 heavy (non-hydrogen) atoms. The number of aliphatic hydroxyl groups excluding tert-OH is 1. The predicted molar refractivity (Wildman–Crippen MR) is 130 cm³/mol. The number of pyridine rings is 2. The summed E-state index contributed by atoms with van der Waals surface area (Å²) in [6.07, 6.45) is 8.74. The van der Waals surface area contributed by atoms with Crippen molar-refractivity contribution in [3.05, 3.63) is 77.3 Å². The van der Waals surface area contributed by atoms with Crippen molar-refractivity contribution in [1.29, 1.82) is 0 Å². The van der Waals surface area contributed by atoms with E-state index in [1.165, 1.54) is 5.56 Å². The summed E-state index contributed by atoms with van der Waals surface area (Å²) in [6.45, 7) is 2.68. The highest BCUT2D eigenvalue weighted by Crippen LogP contribution is 2.34. The van der Waals surface area contributed by atoms with Gasteiger partial charge in [-0.25, -0.2) is 4.98 Å². The zero-order valence-corrected chi connectivity index (χ0v) is 19.2. The molecule has 8 heteroatoms. The SMILES string of the molecule is COc1cc(CO)c(-c2cn3ccc(N4CC[C@H](NCc5ccncc5)C4)cc3n2)cc1Cl. The molecule has 1 aliphatic rings. The molecule has 2 N–H and O–H groups in total. The molecule has 0 aliphatic carbocycles. The first-order chi connectivity index (χ1) is 16.1. The zero-order chi connectivity index (χ0) is 22.8. The number of benzene rings is 1. The number of hydrogen-bond acceptors (Lipinski definition) is 6. The van der Waals surface area contributed by atoms with Gasteiger partial charge in [0.05, 0.1) is 24.4 Å². The maximum atomic E-state index is 9.85. The van der Waals surface area contributed by atoms with Crippen LogP contribution in [0.5, 0.6) is 5.75 Å². The second kappa shape index (κ2) is 9.39. The fourth-order valence-electron chi connectivity index (χ4n) is 4.34. The molecule has 3 aromatic heterocycles. The fourth-order valence-corrected chi connectivity index (χ4v) is 4.58. The number of methoxy groups -OCH3 is 1. The Morgan fingerprint density at radius 3 is 2.85 bits per heavy atom. The van der Waals surface area contributed by atoms with Gasteiger partial charge in [-0.15, -0.1) is 0 Å². The summed E-state index contributed by atoms with van der Waals surface area (Å²) in [5.74, 6) is 0.539. The standard InChI is InChI=1S/C25H26ClN5O2/c1-33-24-10-18(16-32)21(12-22(24)26)23-15-31-9-5-20(11-25(31)29-23)30-8-4-19(14-30)28-13-17-2-6-27-7-3-17/h2-3,5-7,9-12,15,19,28,32H,4,8,13-14,16H2,1H3/t19-/m0/s1. The van der Waals surface area contributed by atoms with E-state index in [9.17, 15) is 5.11 Å². The molecular weight excluding hydrogens is 438 g/mol. The van der Waals surface area contributed by atoms with Gasteiger partial charge >= 0.3 is 0 Å². The van der Waals surface area contributed by atoms with Gasteiger partial charge in [-0.1, -0.05) is 11.6 Å². The molecule has 7 nitrogen and oxygen atoms in total. The normalized spacial score (nSPS) is 16.0. The molecule has 0 radical (unpaired) electrons. The van der Waals surface area contributed by atoms with Crippen LogP contribution in [0.15, 0.2) is 61.2 Å². The van der Waals surface area contributed by atoms with Gasteiger partial charge < -0.3 is 24.5 Å². The third-order valence-corrected chi connectivity index (χ3v) is 6.46. The third-order valence-electron chi connectivity index (χ3n) is 6.17. The van der Waals surface area contributed by atoms with Crippen LogP contribution in [0.1, 0.15) is 17.5 Å². The van der Waals surface area contributed by atoms with Gasteiger partial charge in [0, 0.05) is 67.8 Å². The van der Waals surface area contributed by atoms with Crippen molar-refractivity contribution in [1.82, 2.24) is 19.7 Å². The lowest BCUT2D eigenvalue weighted by atomic mass is 10.1. The Kier molecular flexibility index (Phi) is 6.17. The molecule has 170 valence electrons. The van der Waals surface area contributed by atoms with Crippen LogP contribution in [-0.4, -0.2) is 45.7 Å². The average Bonchev–Trinajstić information content (AvgIpc) is 3.50. The molecule has 0 bridgehead atoms. The number of imidazole rings is 1. The zero-order valence-electron chi connectivity index (χ0n) is 18.4. The molecule has 5 rings (SSSR count). The van der Waals surface area contributed by atoms with Crippen molar-refractivity contribution < 1.29 is 9.84 Å². The molecule has 0 spiro atoms. The van der Waals surface area contributed by atoms with Crippen LogP contribution >= 0.6 is 11.6 Å². The predicted octanol–water partition coefficient (Wildman–Crippen LogP) is 3.92. The van der Waals surface area contributed by atoms with Crippen LogP contribution in [0, 0.1) is 0 Å². The number of nitrogens with one attached hydrogen (secondary N) is 1. The monoisotopic (exact) mass is 463 g/mol.